The number of fused-ring (bicyclic) bond motifs is 2. The van der Waals surface area contributed by atoms with E-state index in [2.05, 4.69) is 15.0 Å². The number of sulfonamides is 1. The molecule has 7 nitrogen and oxygen atoms in total. The predicted molar refractivity (Wildman–Crippen MR) is 91.2 cm³/mol. The Balaban J connectivity index is 1.73. The molecule has 2 aromatic rings. The molecule has 0 saturated carbocycles. The smallest absolute Gasteiger partial charge is 0.244 e. The summed E-state index contributed by atoms with van der Waals surface area (Å²) < 4.78 is 29.7. The van der Waals surface area contributed by atoms with Crippen LogP contribution in [0.5, 0.6) is 0 Å². The van der Waals surface area contributed by atoms with E-state index in [-0.39, 0.29) is 10.9 Å². The van der Waals surface area contributed by atoms with Crippen molar-refractivity contribution in [1.82, 2.24) is 24.0 Å². The molecule has 2 aliphatic rings. The molecule has 0 N–H and O–H groups in total. The molecule has 0 spiro atoms. The standard InChI is InChI=1S/C16H23N5O2S/c1-11-9-20-6-4-5-13(20)10-21(11)24(22,23)14-7-15-12(2)18-19(3)16(15)17-8-14/h7-8,11,13H,4-6,9-10H2,1-3H3/t11-,13-/m1/s1. The highest BCUT2D eigenvalue weighted by Gasteiger charge is 2.40. The predicted octanol–water partition coefficient (Wildman–Crippen LogP) is 1.13. The number of pyridine rings is 1. The molecule has 0 radical (unpaired) electrons. The van der Waals surface area contributed by atoms with Crippen molar-refractivity contribution in [3.05, 3.63) is 18.0 Å². The summed E-state index contributed by atoms with van der Waals surface area (Å²) in [5.74, 6) is 0. The maximum absolute atomic E-state index is 13.2. The Kier molecular flexibility index (Phi) is 3.67. The van der Waals surface area contributed by atoms with Gasteiger partial charge in [-0.3, -0.25) is 9.58 Å². The second kappa shape index (κ2) is 5.50. The third kappa shape index (κ3) is 2.35. The molecule has 130 valence electrons. The topological polar surface area (TPSA) is 71.3 Å². The Hall–Kier alpha value is -1.51. The second-order valence-corrected chi connectivity index (χ2v) is 8.86. The van der Waals surface area contributed by atoms with Gasteiger partial charge in [-0.1, -0.05) is 0 Å². The Labute approximate surface area is 142 Å². The highest BCUT2D eigenvalue weighted by Crippen LogP contribution is 2.30. The number of rotatable bonds is 2. The summed E-state index contributed by atoms with van der Waals surface area (Å²) in [6.45, 7) is 6.35. The molecule has 0 aliphatic carbocycles. The van der Waals surface area contributed by atoms with Crippen LogP contribution in [0.25, 0.3) is 11.0 Å². The van der Waals surface area contributed by atoms with Gasteiger partial charge in [-0.15, -0.1) is 0 Å². The van der Waals surface area contributed by atoms with Crippen molar-refractivity contribution < 1.29 is 8.42 Å². The molecule has 24 heavy (non-hydrogen) atoms. The van der Waals surface area contributed by atoms with E-state index in [4.69, 9.17) is 0 Å². The molecule has 0 amide bonds. The van der Waals surface area contributed by atoms with Gasteiger partial charge in [-0.2, -0.15) is 9.40 Å². The van der Waals surface area contributed by atoms with Crippen molar-refractivity contribution in [1.29, 1.82) is 0 Å². The normalized spacial score (nSPS) is 26.1. The Morgan fingerprint density at radius 3 is 2.88 bits per heavy atom. The van der Waals surface area contributed by atoms with Crippen LogP contribution in [0.4, 0.5) is 0 Å². The van der Waals surface area contributed by atoms with Gasteiger partial charge in [0.1, 0.15) is 4.90 Å². The first-order valence-corrected chi connectivity index (χ1v) is 9.87. The van der Waals surface area contributed by atoms with Gasteiger partial charge in [0.05, 0.1) is 5.69 Å². The zero-order chi connectivity index (χ0) is 17.1. The summed E-state index contributed by atoms with van der Waals surface area (Å²) in [6, 6.07) is 2.05. The number of aromatic nitrogens is 3. The third-order valence-electron chi connectivity index (χ3n) is 5.32. The molecule has 0 aromatic carbocycles. The Morgan fingerprint density at radius 1 is 1.29 bits per heavy atom. The minimum Gasteiger partial charge on any atom is -0.297 e. The Bertz CT molecular complexity index is 891. The minimum atomic E-state index is -3.54. The van der Waals surface area contributed by atoms with Gasteiger partial charge < -0.3 is 0 Å². The summed E-state index contributed by atoms with van der Waals surface area (Å²) in [6.07, 6.45) is 3.71. The molecule has 2 fully saturated rings. The lowest BCUT2D eigenvalue weighted by Crippen LogP contribution is -2.56. The average molecular weight is 349 g/mol. The van der Waals surface area contributed by atoms with E-state index in [1.54, 1.807) is 15.1 Å². The van der Waals surface area contributed by atoms with Crippen molar-refractivity contribution in [3.8, 4) is 0 Å². The van der Waals surface area contributed by atoms with Crippen molar-refractivity contribution in [2.24, 2.45) is 7.05 Å². The first-order chi connectivity index (χ1) is 11.4. The average Bonchev–Trinajstić information content (AvgIpc) is 3.10. The zero-order valence-electron chi connectivity index (χ0n) is 14.3. The van der Waals surface area contributed by atoms with E-state index in [9.17, 15) is 8.42 Å². The van der Waals surface area contributed by atoms with Crippen molar-refractivity contribution in [2.45, 2.75) is 43.7 Å². The molecule has 2 atom stereocenters. The molecule has 2 aliphatic heterocycles. The van der Waals surface area contributed by atoms with Gasteiger partial charge in [0.15, 0.2) is 5.65 Å². The number of hydrogen-bond acceptors (Lipinski definition) is 5. The SMILES string of the molecule is Cc1nn(C)c2ncc(S(=O)(=O)N3C[C@H]4CCCN4C[C@H]3C)cc12. The molecule has 4 rings (SSSR count). The summed E-state index contributed by atoms with van der Waals surface area (Å²) in [5, 5.41) is 5.12. The van der Waals surface area contributed by atoms with E-state index in [0.717, 1.165) is 37.0 Å². The van der Waals surface area contributed by atoms with Gasteiger partial charge in [0.2, 0.25) is 10.0 Å². The number of aryl methyl sites for hydroxylation is 2. The lowest BCUT2D eigenvalue weighted by atomic mass is 10.1. The maximum Gasteiger partial charge on any atom is 0.244 e. The molecular weight excluding hydrogens is 326 g/mol. The van der Waals surface area contributed by atoms with E-state index in [1.165, 1.54) is 6.20 Å². The van der Waals surface area contributed by atoms with Gasteiger partial charge in [0.25, 0.3) is 0 Å². The highest BCUT2D eigenvalue weighted by atomic mass is 32.2. The van der Waals surface area contributed by atoms with Gasteiger partial charge in [-0.25, -0.2) is 13.4 Å². The fraction of sp³-hybridized carbons (Fsp3) is 0.625. The van der Waals surface area contributed by atoms with Crippen molar-refractivity contribution >= 4 is 21.1 Å². The van der Waals surface area contributed by atoms with E-state index >= 15 is 0 Å². The maximum atomic E-state index is 13.2. The second-order valence-electron chi connectivity index (χ2n) is 6.97. The summed E-state index contributed by atoms with van der Waals surface area (Å²) in [4.78, 5) is 7.03. The van der Waals surface area contributed by atoms with Crippen LogP contribution in [0.3, 0.4) is 0 Å². The molecule has 0 bridgehead atoms. The van der Waals surface area contributed by atoms with E-state index in [1.807, 2.05) is 20.9 Å². The molecule has 0 unspecified atom stereocenters. The number of hydrogen-bond donors (Lipinski definition) is 0. The van der Waals surface area contributed by atoms with Crippen LogP contribution in [-0.4, -0.2) is 64.1 Å². The third-order valence-corrected chi connectivity index (χ3v) is 7.27. The lowest BCUT2D eigenvalue weighted by molar-refractivity contribution is 0.117. The van der Waals surface area contributed by atoms with Crippen LogP contribution in [0.2, 0.25) is 0 Å². The first kappa shape index (κ1) is 16.0. The van der Waals surface area contributed by atoms with Crippen LogP contribution in [0.15, 0.2) is 17.2 Å². The monoisotopic (exact) mass is 349 g/mol. The molecule has 2 saturated heterocycles. The molecule has 2 aromatic heterocycles. The molecule has 8 heteroatoms. The van der Waals surface area contributed by atoms with Crippen LogP contribution in [0, 0.1) is 6.92 Å². The quantitative estimate of drug-likeness (QED) is 0.813. The van der Waals surface area contributed by atoms with Gasteiger partial charge in [-0.05, 0) is 39.3 Å². The first-order valence-electron chi connectivity index (χ1n) is 8.43. The number of piperazine rings is 1. The highest BCUT2D eigenvalue weighted by molar-refractivity contribution is 7.89. The van der Waals surface area contributed by atoms with Crippen molar-refractivity contribution in [2.75, 3.05) is 19.6 Å². The van der Waals surface area contributed by atoms with Gasteiger partial charge in [0, 0.05) is 43.8 Å². The summed E-state index contributed by atoms with van der Waals surface area (Å²) in [5.41, 5.74) is 1.51. The van der Waals surface area contributed by atoms with E-state index < -0.39 is 10.0 Å². The minimum absolute atomic E-state index is 0.0185. The van der Waals surface area contributed by atoms with Crippen LogP contribution < -0.4 is 0 Å². The van der Waals surface area contributed by atoms with E-state index in [0.29, 0.717) is 18.2 Å². The van der Waals surface area contributed by atoms with Gasteiger partial charge >= 0.3 is 0 Å². The number of nitrogens with zero attached hydrogens (tertiary/aromatic N) is 5. The Morgan fingerprint density at radius 2 is 2.08 bits per heavy atom. The van der Waals surface area contributed by atoms with Crippen LogP contribution in [0.1, 0.15) is 25.5 Å². The van der Waals surface area contributed by atoms with Crippen LogP contribution in [-0.2, 0) is 17.1 Å². The van der Waals surface area contributed by atoms with Crippen molar-refractivity contribution in [3.63, 3.8) is 0 Å². The summed E-state index contributed by atoms with van der Waals surface area (Å²) in [7, 11) is -1.72. The fourth-order valence-corrected chi connectivity index (χ4v) is 5.69. The summed E-state index contributed by atoms with van der Waals surface area (Å²) >= 11 is 0. The largest absolute Gasteiger partial charge is 0.297 e. The zero-order valence-corrected chi connectivity index (χ0v) is 15.1. The molecular formula is C16H23N5O2S. The lowest BCUT2D eigenvalue weighted by Gasteiger charge is -2.41. The fourth-order valence-electron chi connectivity index (χ4n) is 4.06. The van der Waals surface area contributed by atoms with Crippen LogP contribution >= 0.6 is 0 Å². The molecule has 4 heterocycles.